The fraction of sp³-hybridized carbons (Fsp3) is 0.500. The molecule has 23 heavy (non-hydrogen) atoms. The quantitative estimate of drug-likeness (QED) is 0.935. The van der Waals surface area contributed by atoms with E-state index in [0.29, 0.717) is 11.9 Å². The first kappa shape index (κ1) is 15.7. The third-order valence-corrected chi connectivity index (χ3v) is 4.44. The summed E-state index contributed by atoms with van der Waals surface area (Å²) in [5.74, 6) is 2.18. The fourth-order valence-electron chi connectivity index (χ4n) is 3.39. The summed E-state index contributed by atoms with van der Waals surface area (Å²) < 4.78 is 0. The van der Waals surface area contributed by atoms with E-state index < -0.39 is 0 Å². The van der Waals surface area contributed by atoms with Gasteiger partial charge in [0.1, 0.15) is 0 Å². The van der Waals surface area contributed by atoms with E-state index in [2.05, 4.69) is 65.2 Å². The molecule has 1 unspecified atom stereocenters. The number of hydrogen-bond donors (Lipinski definition) is 1. The van der Waals surface area contributed by atoms with E-state index in [4.69, 9.17) is 0 Å². The molecule has 2 heterocycles. The zero-order valence-electron chi connectivity index (χ0n) is 14.4. The van der Waals surface area contributed by atoms with Crippen molar-refractivity contribution in [2.24, 2.45) is 5.92 Å². The van der Waals surface area contributed by atoms with Crippen LogP contribution >= 0.6 is 0 Å². The van der Waals surface area contributed by atoms with Gasteiger partial charge in [0.2, 0.25) is 5.95 Å². The zero-order valence-corrected chi connectivity index (χ0v) is 14.4. The molecule has 0 radical (unpaired) electrons. The van der Waals surface area contributed by atoms with Crippen molar-refractivity contribution in [3.63, 3.8) is 0 Å². The SMILES string of the molecule is Cc1cc(C)c(Nc2nncc(N3CCCC(C)C3)n2)c(C)c1. The molecular weight excluding hydrogens is 286 g/mol. The topological polar surface area (TPSA) is 53.9 Å². The van der Waals surface area contributed by atoms with Gasteiger partial charge in [-0.1, -0.05) is 24.6 Å². The molecule has 1 atom stereocenters. The molecule has 0 amide bonds. The Morgan fingerprint density at radius 1 is 1.17 bits per heavy atom. The highest BCUT2D eigenvalue weighted by Crippen LogP contribution is 2.26. The van der Waals surface area contributed by atoms with Gasteiger partial charge in [0.15, 0.2) is 5.82 Å². The molecule has 1 aliphatic rings. The Morgan fingerprint density at radius 3 is 2.61 bits per heavy atom. The molecule has 0 saturated carbocycles. The van der Waals surface area contributed by atoms with Crippen LogP contribution in [-0.4, -0.2) is 28.3 Å². The van der Waals surface area contributed by atoms with Gasteiger partial charge in [0.25, 0.3) is 0 Å². The van der Waals surface area contributed by atoms with Crippen LogP contribution in [0.4, 0.5) is 17.5 Å². The normalized spacial score (nSPS) is 18.1. The average Bonchev–Trinajstić information content (AvgIpc) is 2.51. The monoisotopic (exact) mass is 311 g/mol. The van der Waals surface area contributed by atoms with E-state index in [1.54, 1.807) is 6.20 Å². The number of hydrogen-bond acceptors (Lipinski definition) is 5. The molecule has 1 aromatic heterocycles. The van der Waals surface area contributed by atoms with Crippen molar-refractivity contribution in [3.05, 3.63) is 35.0 Å². The Kier molecular flexibility index (Phi) is 4.46. The van der Waals surface area contributed by atoms with Gasteiger partial charge in [0.05, 0.1) is 6.20 Å². The van der Waals surface area contributed by atoms with Gasteiger partial charge in [0, 0.05) is 18.8 Å². The first-order chi connectivity index (χ1) is 11.0. The number of aromatic nitrogens is 3. The minimum Gasteiger partial charge on any atom is -0.355 e. The van der Waals surface area contributed by atoms with E-state index in [9.17, 15) is 0 Å². The van der Waals surface area contributed by atoms with Crippen LogP contribution in [0.1, 0.15) is 36.5 Å². The summed E-state index contributed by atoms with van der Waals surface area (Å²) in [6, 6.07) is 4.33. The number of rotatable bonds is 3. The van der Waals surface area contributed by atoms with E-state index in [0.717, 1.165) is 24.6 Å². The van der Waals surface area contributed by atoms with E-state index in [1.807, 2.05) is 0 Å². The Bertz CT molecular complexity index is 675. The molecule has 0 bridgehead atoms. The van der Waals surface area contributed by atoms with Gasteiger partial charge in [-0.3, -0.25) is 0 Å². The second-order valence-electron chi connectivity index (χ2n) is 6.73. The Morgan fingerprint density at radius 2 is 1.91 bits per heavy atom. The molecule has 1 saturated heterocycles. The minimum atomic E-state index is 0.566. The smallest absolute Gasteiger partial charge is 0.249 e. The lowest BCUT2D eigenvalue weighted by molar-refractivity contribution is 0.444. The lowest BCUT2D eigenvalue weighted by Gasteiger charge is -2.31. The molecule has 5 heteroatoms. The van der Waals surface area contributed by atoms with Crippen LogP contribution in [0.15, 0.2) is 18.3 Å². The van der Waals surface area contributed by atoms with Crippen molar-refractivity contribution in [2.75, 3.05) is 23.3 Å². The van der Waals surface area contributed by atoms with Crippen LogP contribution < -0.4 is 10.2 Å². The maximum Gasteiger partial charge on any atom is 0.249 e. The molecule has 5 nitrogen and oxygen atoms in total. The highest BCUT2D eigenvalue weighted by atomic mass is 15.3. The van der Waals surface area contributed by atoms with Crippen LogP contribution in [0, 0.1) is 26.7 Å². The number of anilines is 3. The molecule has 2 aromatic rings. The highest BCUT2D eigenvalue weighted by Gasteiger charge is 2.18. The minimum absolute atomic E-state index is 0.566. The summed E-state index contributed by atoms with van der Waals surface area (Å²) in [6.07, 6.45) is 4.27. The van der Waals surface area contributed by atoms with Crippen molar-refractivity contribution in [3.8, 4) is 0 Å². The maximum absolute atomic E-state index is 4.67. The Labute approximate surface area is 138 Å². The van der Waals surface area contributed by atoms with Crippen molar-refractivity contribution < 1.29 is 0 Å². The number of piperidine rings is 1. The summed E-state index contributed by atoms with van der Waals surface area (Å²) in [5.41, 5.74) is 4.73. The highest BCUT2D eigenvalue weighted by molar-refractivity contribution is 5.64. The van der Waals surface area contributed by atoms with Crippen molar-refractivity contribution in [1.82, 2.24) is 15.2 Å². The summed E-state index contributed by atoms with van der Waals surface area (Å²) in [4.78, 5) is 6.98. The first-order valence-corrected chi connectivity index (χ1v) is 8.32. The van der Waals surface area contributed by atoms with E-state index in [-0.39, 0.29) is 0 Å². The Balaban J connectivity index is 1.83. The van der Waals surface area contributed by atoms with E-state index >= 15 is 0 Å². The van der Waals surface area contributed by atoms with Crippen LogP contribution in [0.25, 0.3) is 0 Å². The third kappa shape index (κ3) is 3.60. The average molecular weight is 311 g/mol. The predicted octanol–water partition coefficient (Wildman–Crippen LogP) is 3.78. The molecule has 1 N–H and O–H groups in total. The van der Waals surface area contributed by atoms with Gasteiger partial charge in [-0.25, -0.2) is 0 Å². The van der Waals surface area contributed by atoms with E-state index in [1.165, 1.54) is 29.5 Å². The molecule has 0 spiro atoms. The molecule has 1 aromatic carbocycles. The van der Waals surface area contributed by atoms with Crippen LogP contribution in [0.2, 0.25) is 0 Å². The first-order valence-electron chi connectivity index (χ1n) is 8.32. The molecule has 1 aliphatic heterocycles. The van der Waals surface area contributed by atoms with Crippen molar-refractivity contribution in [2.45, 2.75) is 40.5 Å². The lowest BCUT2D eigenvalue weighted by atomic mass is 10.0. The Hall–Kier alpha value is -2.17. The summed E-state index contributed by atoms with van der Waals surface area (Å²) in [7, 11) is 0. The second-order valence-corrected chi connectivity index (χ2v) is 6.73. The molecule has 1 fully saturated rings. The van der Waals surface area contributed by atoms with Crippen molar-refractivity contribution in [1.29, 1.82) is 0 Å². The number of nitrogens with zero attached hydrogens (tertiary/aromatic N) is 4. The predicted molar refractivity (Wildman–Crippen MR) is 94.4 cm³/mol. The lowest BCUT2D eigenvalue weighted by Crippen LogP contribution is -2.35. The molecular formula is C18H25N5. The molecule has 0 aliphatic carbocycles. The van der Waals surface area contributed by atoms with Gasteiger partial charge >= 0.3 is 0 Å². The molecule has 122 valence electrons. The largest absolute Gasteiger partial charge is 0.355 e. The summed E-state index contributed by atoms with van der Waals surface area (Å²) >= 11 is 0. The fourth-order valence-corrected chi connectivity index (χ4v) is 3.39. The maximum atomic E-state index is 4.67. The van der Waals surface area contributed by atoms with Gasteiger partial charge in [-0.2, -0.15) is 10.1 Å². The second kappa shape index (κ2) is 6.52. The van der Waals surface area contributed by atoms with Crippen molar-refractivity contribution >= 4 is 17.5 Å². The van der Waals surface area contributed by atoms with Crippen LogP contribution in [-0.2, 0) is 0 Å². The standard InChI is InChI=1S/C18H25N5/c1-12-6-5-7-23(11-12)16-10-19-22-18(20-16)21-17-14(3)8-13(2)9-15(17)4/h8-10,12H,5-7,11H2,1-4H3,(H,20,21,22). The van der Waals surface area contributed by atoms with Crippen LogP contribution in [0.3, 0.4) is 0 Å². The molecule has 3 rings (SSSR count). The summed E-state index contributed by atoms with van der Waals surface area (Å²) in [6.45, 7) is 10.7. The zero-order chi connectivity index (χ0) is 16.4. The number of benzene rings is 1. The van der Waals surface area contributed by atoms with Crippen LogP contribution in [0.5, 0.6) is 0 Å². The van der Waals surface area contributed by atoms with Gasteiger partial charge in [-0.15, -0.1) is 5.10 Å². The summed E-state index contributed by atoms with van der Waals surface area (Å²) in [5, 5.41) is 11.6. The third-order valence-electron chi connectivity index (χ3n) is 4.44. The van der Waals surface area contributed by atoms with Gasteiger partial charge in [-0.05, 0) is 50.7 Å². The van der Waals surface area contributed by atoms with Gasteiger partial charge < -0.3 is 10.2 Å². The number of aryl methyl sites for hydroxylation is 3. The number of nitrogens with one attached hydrogen (secondary N) is 1.